The van der Waals surface area contributed by atoms with Crippen LogP contribution in [0.1, 0.15) is 0 Å². The molecule has 0 atom stereocenters. The molecule has 1 aromatic rings. The van der Waals surface area contributed by atoms with Gasteiger partial charge in [-0.1, -0.05) is 18.2 Å². The van der Waals surface area contributed by atoms with Crippen LogP contribution in [-0.2, 0) is 4.84 Å². The van der Waals surface area contributed by atoms with E-state index in [9.17, 15) is 0 Å². The van der Waals surface area contributed by atoms with Crippen LogP contribution < -0.4 is 10.9 Å². The van der Waals surface area contributed by atoms with Gasteiger partial charge in [0.05, 0.1) is 12.8 Å². The quantitative estimate of drug-likeness (QED) is 0.413. The molecule has 12 heavy (non-hydrogen) atoms. The fourth-order valence-corrected chi connectivity index (χ4v) is 0.925. The lowest BCUT2D eigenvalue weighted by Crippen LogP contribution is -2.32. The second-order valence-corrected chi connectivity index (χ2v) is 2.27. The minimum absolute atomic E-state index is 0.388. The maximum atomic E-state index is 8.89. The van der Waals surface area contributed by atoms with Crippen molar-refractivity contribution in [3.05, 3.63) is 24.3 Å². The van der Waals surface area contributed by atoms with Gasteiger partial charge in [-0.3, -0.25) is 10.3 Å². The van der Waals surface area contributed by atoms with Crippen molar-refractivity contribution >= 4 is 18.3 Å². The van der Waals surface area contributed by atoms with Gasteiger partial charge in [-0.25, -0.2) is 0 Å². The van der Waals surface area contributed by atoms with Crippen LogP contribution in [0.4, 0.5) is 5.69 Å². The average molecular weight is 167 g/mol. The molecule has 1 aromatic carbocycles. The predicted octanol–water partition coefficient (Wildman–Crippen LogP) is -0.660. The minimum atomic E-state index is -1.48. The number of nitrogens with one attached hydrogen (secondary N) is 1. The van der Waals surface area contributed by atoms with E-state index in [4.69, 9.17) is 10.0 Å². The maximum absolute atomic E-state index is 8.89. The number of rotatable bonds is 3. The molecule has 0 aromatic heterocycles. The maximum Gasteiger partial charge on any atom is 0.490 e. The summed E-state index contributed by atoms with van der Waals surface area (Å²) in [6, 6.07) is 6.78. The Kier molecular flexibility index (Phi) is 3.10. The average Bonchev–Trinajstić information content (AvgIpc) is 2.05. The van der Waals surface area contributed by atoms with Gasteiger partial charge >= 0.3 is 7.12 Å². The van der Waals surface area contributed by atoms with E-state index in [0.717, 1.165) is 0 Å². The molecule has 0 aliphatic rings. The zero-order valence-electron chi connectivity index (χ0n) is 6.69. The molecule has 0 heterocycles. The van der Waals surface area contributed by atoms with Crippen molar-refractivity contribution in [1.82, 2.24) is 0 Å². The lowest BCUT2D eigenvalue weighted by Gasteiger charge is -2.08. The van der Waals surface area contributed by atoms with Gasteiger partial charge in [-0.15, -0.1) is 0 Å². The third kappa shape index (κ3) is 1.98. The third-order valence-electron chi connectivity index (χ3n) is 1.45. The minimum Gasteiger partial charge on any atom is -0.423 e. The van der Waals surface area contributed by atoms with E-state index in [-0.39, 0.29) is 0 Å². The molecule has 0 aliphatic carbocycles. The Labute approximate surface area is 70.9 Å². The van der Waals surface area contributed by atoms with Crippen LogP contribution in [0.3, 0.4) is 0 Å². The van der Waals surface area contributed by atoms with Crippen molar-refractivity contribution in [2.45, 2.75) is 0 Å². The van der Waals surface area contributed by atoms with Gasteiger partial charge < -0.3 is 10.0 Å². The third-order valence-corrected chi connectivity index (χ3v) is 1.45. The monoisotopic (exact) mass is 167 g/mol. The van der Waals surface area contributed by atoms with Crippen molar-refractivity contribution in [2.24, 2.45) is 0 Å². The highest BCUT2D eigenvalue weighted by molar-refractivity contribution is 6.60. The van der Waals surface area contributed by atoms with Crippen LogP contribution in [0.5, 0.6) is 0 Å². The zero-order valence-corrected chi connectivity index (χ0v) is 6.69. The molecule has 0 saturated heterocycles. The Morgan fingerprint density at radius 2 is 2.00 bits per heavy atom. The van der Waals surface area contributed by atoms with Crippen LogP contribution in [0.25, 0.3) is 0 Å². The molecule has 64 valence electrons. The van der Waals surface area contributed by atoms with Gasteiger partial charge in [-0.2, -0.15) is 0 Å². The van der Waals surface area contributed by atoms with Gasteiger partial charge in [0.25, 0.3) is 0 Å². The molecule has 4 nitrogen and oxygen atoms in total. The van der Waals surface area contributed by atoms with Crippen molar-refractivity contribution < 1.29 is 14.9 Å². The van der Waals surface area contributed by atoms with E-state index in [2.05, 4.69) is 10.3 Å². The first-order valence-corrected chi connectivity index (χ1v) is 3.49. The molecular formula is C7H10BNO3. The van der Waals surface area contributed by atoms with Gasteiger partial charge in [0, 0.05) is 5.46 Å². The molecule has 0 aliphatic heterocycles. The first-order chi connectivity index (χ1) is 5.75. The van der Waals surface area contributed by atoms with Crippen molar-refractivity contribution in [1.29, 1.82) is 0 Å². The number of hydrogen-bond donors (Lipinski definition) is 3. The molecule has 0 fully saturated rings. The number of hydrogen-bond acceptors (Lipinski definition) is 4. The largest absolute Gasteiger partial charge is 0.490 e. The summed E-state index contributed by atoms with van der Waals surface area (Å²) in [5.74, 6) is 0. The number of anilines is 1. The predicted molar refractivity (Wildman–Crippen MR) is 46.9 cm³/mol. The highest BCUT2D eigenvalue weighted by Gasteiger charge is 2.14. The fraction of sp³-hybridized carbons (Fsp3) is 0.143. The highest BCUT2D eigenvalue weighted by atomic mass is 16.6. The smallest absolute Gasteiger partial charge is 0.423 e. The lowest BCUT2D eigenvalue weighted by molar-refractivity contribution is 0.271. The second kappa shape index (κ2) is 4.11. The van der Waals surface area contributed by atoms with E-state index >= 15 is 0 Å². The number of para-hydroxylation sites is 1. The van der Waals surface area contributed by atoms with Crippen LogP contribution in [0.15, 0.2) is 24.3 Å². The number of benzene rings is 1. The van der Waals surface area contributed by atoms with Crippen LogP contribution >= 0.6 is 0 Å². The van der Waals surface area contributed by atoms with Gasteiger partial charge in [0.15, 0.2) is 0 Å². The summed E-state index contributed by atoms with van der Waals surface area (Å²) in [6.07, 6.45) is 0. The Bertz CT molecular complexity index is 254. The van der Waals surface area contributed by atoms with Crippen molar-refractivity contribution in [3.8, 4) is 0 Å². The zero-order chi connectivity index (χ0) is 8.97. The summed E-state index contributed by atoms with van der Waals surface area (Å²) in [4.78, 5) is 4.65. The molecule has 0 unspecified atom stereocenters. The highest BCUT2D eigenvalue weighted by Crippen LogP contribution is 2.02. The van der Waals surface area contributed by atoms with E-state index in [1.807, 2.05) is 0 Å². The summed E-state index contributed by atoms with van der Waals surface area (Å²) in [5.41, 5.74) is 3.48. The molecular weight excluding hydrogens is 157 g/mol. The van der Waals surface area contributed by atoms with Crippen LogP contribution in [-0.4, -0.2) is 24.3 Å². The van der Waals surface area contributed by atoms with E-state index < -0.39 is 7.12 Å². The fourth-order valence-electron chi connectivity index (χ4n) is 0.925. The summed E-state index contributed by atoms with van der Waals surface area (Å²) < 4.78 is 0. The van der Waals surface area contributed by atoms with Gasteiger partial charge in [-0.05, 0) is 6.07 Å². The van der Waals surface area contributed by atoms with Gasteiger partial charge in [0.1, 0.15) is 0 Å². The first-order valence-electron chi connectivity index (χ1n) is 3.49. The van der Waals surface area contributed by atoms with E-state index in [1.54, 1.807) is 24.3 Å². The molecule has 0 spiro atoms. The molecule has 0 amide bonds. The normalized spacial score (nSPS) is 9.58. The molecule has 5 heteroatoms. The SMILES string of the molecule is CONc1ccccc1B(O)O. The molecule has 0 radical (unpaired) electrons. The molecule has 0 saturated carbocycles. The van der Waals surface area contributed by atoms with E-state index in [1.165, 1.54) is 7.11 Å². The summed E-state index contributed by atoms with van der Waals surface area (Å²) in [6.45, 7) is 0. The lowest BCUT2D eigenvalue weighted by atomic mass is 9.79. The Morgan fingerprint density at radius 3 is 2.58 bits per heavy atom. The second-order valence-electron chi connectivity index (χ2n) is 2.27. The Balaban J connectivity index is 2.92. The summed E-state index contributed by atoms with van der Waals surface area (Å²) in [5, 5.41) is 17.8. The van der Waals surface area contributed by atoms with E-state index in [0.29, 0.717) is 11.2 Å². The van der Waals surface area contributed by atoms with Gasteiger partial charge in [0.2, 0.25) is 0 Å². The van der Waals surface area contributed by atoms with Crippen LogP contribution in [0.2, 0.25) is 0 Å². The standard InChI is InChI=1S/C7H10BNO3/c1-12-9-7-5-3-2-4-6(7)8(10)11/h2-5,9-11H,1H3. The molecule has 0 bridgehead atoms. The summed E-state index contributed by atoms with van der Waals surface area (Å²) in [7, 11) is -0.0237. The molecule has 3 N–H and O–H groups in total. The Morgan fingerprint density at radius 1 is 1.33 bits per heavy atom. The van der Waals surface area contributed by atoms with Crippen LogP contribution in [0, 0.1) is 0 Å². The Hall–Kier alpha value is -1.04. The molecule has 1 rings (SSSR count). The van der Waals surface area contributed by atoms with Crippen molar-refractivity contribution in [3.63, 3.8) is 0 Å². The van der Waals surface area contributed by atoms with Crippen molar-refractivity contribution in [2.75, 3.05) is 12.6 Å². The topological polar surface area (TPSA) is 61.7 Å². The summed E-state index contributed by atoms with van der Waals surface area (Å²) >= 11 is 0. The first kappa shape index (κ1) is 9.06.